The van der Waals surface area contributed by atoms with E-state index in [1.54, 1.807) is 6.07 Å². The summed E-state index contributed by atoms with van der Waals surface area (Å²) in [6.07, 6.45) is 2.12. The molecule has 1 heterocycles. The Bertz CT molecular complexity index is 599. The van der Waals surface area contributed by atoms with Crippen molar-refractivity contribution in [2.75, 3.05) is 35.1 Å². The summed E-state index contributed by atoms with van der Waals surface area (Å²) in [7, 11) is -3.55. The lowest BCUT2D eigenvalue weighted by atomic mass is 10.2. The van der Waals surface area contributed by atoms with E-state index in [0.29, 0.717) is 5.69 Å². The quantitative estimate of drug-likeness (QED) is 0.835. The van der Waals surface area contributed by atoms with Crippen LogP contribution in [0, 0.1) is 5.82 Å². The second-order valence-electron chi connectivity index (χ2n) is 5.73. The van der Waals surface area contributed by atoms with Crippen LogP contribution in [0.5, 0.6) is 0 Å². The zero-order valence-electron chi connectivity index (χ0n) is 13.0. The number of hydrogen-bond donors (Lipinski definition) is 1. The molecule has 0 saturated carbocycles. The first-order valence-electron chi connectivity index (χ1n) is 7.53. The molecule has 0 atom stereocenters. The predicted molar refractivity (Wildman–Crippen MR) is 86.3 cm³/mol. The van der Waals surface area contributed by atoms with Crippen LogP contribution in [0.3, 0.4) is 0 Å². The third-order valence-corrected chi connectivity index (χ3v) is 4.68. The van der Waals surface area contributed by atoms with Crippen molar-refractivity contribution < 1.29 is 17.5 Å². The highest BCUT2D eigenvalue weighted by Crippen LogP contribution is 2.25. The minimum atomic E-state index is -3.55. The van der Waals surface area contributed by atoms with Crippen molar-refractivity contribution in [1.82, 2.24) is 0 Å². The van der Waals surface area contributed by atoms with Gasteiger partial charge in [0.25, 0.3) is 0 Å². The van der Waals surface area contributed by atoms with Crippen molar-refractivity contribution in [1.29, 1.82) is 0 Å². The second kappa shape index (κ2) is 7.28. The van der Waals surface area contributed by atoms with E-state index in [1.807, 2.05) is 13.8 Å². The topological polar surface area (TPSA) is 58.6 Å². The number of hydrogen-bond acceptors (Lipinski definition) is 4. The van der Waals surface area contributed by atoms with Crippen molar-refractivity contribution >= 4 is 21.4 Å². The molecular weight excluding hydrogens is 307 g/mol. The highest BCUT2D eigenvalue weighted by atomic mass is 32.2. The van der Waals surface area contributed by atoms with Crippen LogP contribution in [0.2, 0.25) is 0 Å². The fraction of sp³-hybridized carbons (Fsp3) is 0.600. The Morgan fingerprint density at radius 3 is 2.59 bits per heavy atom. The lowest BCUT2D eigenvalue weighted by Crippen LogP contribution is -2.22. The Labute approximate surface area is 131 Å². The smallest absolute Gasteiger partial charge is 0.235 e. The van der Waals surface area contributed by atoms with Crippen LogP contribution < -0.4 is 9.62 Å². The van der Waals surface area contributed by atoms with Crippen molar-refractivity contribution in [2.24, 2.45) is 0 Å². The van der Waals surface area contributed by atoms with Crippen LogP contribution in [0.4, 0.5) is 15.8 Å². The summed E-state index contributed by atoms with van der Waals surface area (Å²) in [5.41, 5.74) is 0.972. The molecule has 2 rings (SSSR count). The van der Waals surface area contributed by atoms with Gasteiger partial charge >= 0.3 is 0 Å². The van der Waals surface area contributed by atoms with Gasteiger partial charge in [-0.05, 0) is 44.9 Å². The van der Waals surface area contributed by atoms with Crippen molar-refractivity contribution in [3.63, 3.8) is 0 Å². The molecule has 0 aliphatic carbocycles. The Kier molecular flexibility index (Phi) is 5.63. The molecule has 5 nitrogen and oxygen atoms in total. The molecule has 1 aromatic carbocycles. The third kappa shape index (κ3) is 5.14. The molecule has 0 bridgehead atoms. The Hall–Kier alpha value is -1.34. The molecule has 0 aromatic heterocycles. The molecule has 22 heavy (non-hydrogen) atoms. The first-order chi connectivity index (χ1) is 10.4. The van der Waals surface area contributed by atoms with Crippen molar-refractivity contribution in [3.05, 3.63) is 24.0 Å². The number of halogens is 1. The first-order valence-corrected chi connectivity index (χ1v) is 9.18. The zero-order valence-corrected chi connectivity index (χ0v) is 13.8. The van der Waals surface area contributed by atoms with E-state index in [-0.39, 0.29) is 24.2 Å². The highest BCUT2D eigenvalue weighted by Gasteiger charge is 2.16. The zero-order chi connectivity index (χ0) is 16.2. The lowest BCUT2D eigenvalue weighted by molar-refractivity contribution is 0.0913. The molecule has 7 heteroatoms. The van der Waals surface area contributed by atoms with Crippen LogP contribution in [0.25, 0.3) is 0 Å². The first kappa shape index (κ1) is 17.0. The van der Waals surface area contributed by atoms with Gasteiger partial charge in [-0.3, -0.25) is 4.72 Å². The van der Waals surface area contributed by atoms with Crippen LogP contribution in [-0.4, -0.2) is 40.0 Å². The molecule has 124 valence electrons. The van der Waals surface area contributed by atoms with Gasteiger partial charge in [0.2, 0.25) is 10.0 Å². The summed E-state index contributed by atoms with van der Waals surface area (Å²) in [6.45, 7) is 5.54. The minimum absolute atomic E-state index is 0.0221. The number of rotatable bonds is 7. The number of ether oxygens (including phenoxy) is 1. The van der Waals surface area contributed by atoms with Crippen molar-refractivity contribution in [2.45, 2.75) is 32.8 Å². The van der Waals surface area contributed by atoms with E-state index < -0.39 is 15.8 Å². The predicted octanol–water partition coefficient (Wildman–Crippen LogP) is 2.59. The van der Waals surface area contributed by atoms with Gasteiger partial charge in [-0.15, -0.1) is 0 Å². The number of anilines is 2. The maximum absolute atomic E-state index is 13.7. The molecule has 1 N–H and O–H groups in total. The summed E-state index contributed by atoms with van der Waals surface area (Å²) < 4.78 is 45.4. The lowest BCUT2D eigenvalue weighted by Gasteiger charge is -2.19. The molecule has 0 spiro atoms. The molecule has 1 fully saturated rings. The minimum Gasteiger partial charge on any atom is -0.378 e. The average Bonchev–Trinajstić information content (AvgIpc) is 2.90. The van der Waals surface area contributed by atoms with Gasteiger partial charge in [-0.2, -0.15) is 0 Å². The van der Waals surface area contributed by atoms with Gasteiger partial charge in [0, 0.05) is 18.8 Å². The highest BCUT2D eigenvalue weighted by molar-refractivity contribution is 7.92. The van der Waals surface area contributed by atoms with E-state index in [2.05, 4.69) is 9.62 Å². The Morgan fingerprint density at radius 1 is 1.27 bits per heavy atom. The fourth-order valence-electron chi connectivity index (χ4n) is 2.42. The van der Waals surface area contributed by atoms with Crippen molar-refractivity contribution in [3.8, 4) is 0 Å². The number of nitrogens with zero attached hydrogens (tertiary/aromatic N) is 1. The van der Waals surface area contributed by atoms with Crippen LogP contribution in [0.15, 0.2) is 18.2 Å². The van der Waals surface area contributed by atoms with Gasteiger partial charge in [-0.1, -0.05) is 0 Å². The van der Waals surface area contributed by atoms with E-state index in [0.717, 1.165) is 25.9 Å². The van der Waals surface area contributed by atoms with Gasteiger partial charge in [0.05, 0.1) is 24.2 Å². The van der Waals surface area contributed by atoms with Gasteiger partial charge in [0.1, 0.15) is 5.82 Å². The standard InChI is InChI=1S/C15H23FN2O3S/c1-12(2)21-7-8-22(19,20)17-14-9-13(16)10-15(11-14)18-5-3-4-6-18/h9-12,17H,3-8H2,1-2H3. The summed E-state index contributed by atoms with van der Waals surface area (Å²) in [6, 6.07) is 4.31. The van der Waals surface area contributed by atoms with Gasteiger partial charge < -0.3 is 9.64 Å². The molecule has 0 unspecified atom stereocenters. The van der Waals surface area contributed by atoms with E-state index >= 15 is 0 Å². The maximum Gasteiger partial charge on any atom is 0.235 e. The van der Waals surface area contributed by atoms with Gasteiger partial charge in [-0.25, -0.2) is 12.8 Å². The Morgan fingerprint density at radius 2 is 1.95 bits per heavy atom. The summed E-state index contributed by atoms with van der Waals surface area (Å²) in [5, 5.41) is 0. The van der Waals surface area contributed by atoms with E-state index in [1.165, 1.54) is 12.1 Å². The summed E-state index contributed by atoms with van der Waals surface area (Å²) >= 11 is 0. The molecule has 1 aliphatic heterocycles. The molecule has 1 aliphatic rings. The monoisotopic (exact) mass is 330 g/mol. The fourth-order valence-corrected chi connectivity index (χ4v) is 3.31. The van der Waals surface area contributed by atoms with Crippen LogP contribution in [0.1, 0.15) is 26.7 Å². The average molecular weight is 330 g/mol. The Balaban J connectivity index is 2.05. The molecule has 1 aromatic rings. The number of sulfonamides is 1. The number of nitrogens with one attached hydrogen (secondary N) is 1. The third-order valence-electron chi connectivity index (χ3n) is 3.43. The maximum atomic E-state index is 13.7. The van der Waals surface area contributed by atoms with Gasteiger partial charge in [0.15, 0.2) is 0 Å². The van der Waals surface area contributed by atoms with Crippen LogP contribution >= 0.6 is 0 Å². The normalized spacial score (nSPS) is 15.5. The molecular formula is C15H23FN2O3S. The second-order valence-corrected chi connectivity index (χ2v) is 7.57. The molecule has 0 radical (unpaired) electrons. The summed E-state index contributed by atoms with van der Waals surface area (Å²) in [4.78, 5) is 2.06. The van der Waals surface area contributed by atoms with E-state index in [9.17, 15) is 12.8 Å². The SMILES string of the molecule is CC(C)OCCS(=O)(=O)Nc1cc(F)cc(N2CCCC2)c1. The van der Waals surface area contributed by atoms with E-state index in [4.69, 9.17) is 4.74 Å². The number of benzene rings is 1. The molecule has 0 amide bonds. The largest absolute Gasteiger partial charge is 0.378 e. The van der Waals surface area contributed by atoms with Crippen LogP contribution in [-0.2, 0) is 14.8 Å². The summed E-state index contributed by atoms with van der Waals surface area (Å²) in [5.74, 6) is -0.596. The molecule has 1 saturated heterocycles.